The zero-order chi connectivity index (χ0) is 19.3. The predicted octanol–water partition coefficient (Wildman–Crippen LogP) is 3.30. The molecule has 4 rings (SSSR count). The topological polar surface area (TPSA) is 67.2 Å². The van der Waals surface area contributed by atoms with Crippen LogP contribution in [-0.4, -0.2) is 39.4 Å². The first-order valence-corrected chi connectivity index (χ1v) is 9.73. The molecule has 2 aromatic heterocycles. The number of piperidine rings is 1. The molecule has 1 aliphatic heterocycles. The van der Waals surface area contributed by atoms with Gasteiger partial charge in [0, 0.05) is 61.8 Å². The van der Waals surface area contributed by atoms with Crippen LogP contribution in [0.1, 0.15) is 19.3 Å². The number of benzene rings is 1. The molecule has 2 amide bonds. The highest BCUT2D eigenvalue weighted by atomic mass is 16.2. The van der Waals surface area contributed by atoms with Crippen LogP contribution in [0.25, 0.3) is 10.9 Å². The smallest absolute Gasteiger partial charge is 0.227 e. The van der Waals surface area contributed by atoms with Gasteiger partial charge in [-0.15, -0.1) is 0 Å². The van der Waals surface area contributed by atoms with Gasteiger partial charge in [0.05, 0.1) is 0 Å². The molecule has 0 radical (unpaired) electrons. The first kappa shape index (κ1) is 18.2. The fourth-order valence-corrected chi connectivity index (χ4v) is 3.78. The molecule has 0 saturated carbocycles. The maximum absolute atomic E-state index is 12.6. The van der Waals surface area contributed by atoms with Crippen LogP contribution < -0.4 is 5.32 Å². The van der Waals surface area contributed by atoms with Crippen LogP contribution in [0.3, 0.4) is 0 Å². The Kier molecular flexibility index (Phi) is 5.37. The number of pyridine rings is 1. The second kappa shape index (κ2) is 8.25. The highest BCUT2D eigenvalue weighted by Crippen LogP contribution is 2.21. The van der Waals surface area contributed by atoms with E-state index in [0.717, 1.165) is 11.2 Å². The Bertz CT molecular complexity index is 959. The molecule has 144 valence electrons. The summed E-state index contributed by atoms with van der Waals surface area (Å²) >= 11 is 0. The fraction of sp³-hybridized carbons (Fsp3) is 0.318. The third-order valence-electron chi connectivity index (χ3n) is 5.41. The van der Waals surface area contributed by atoms with Crippen molar-refractivity contribution in [3.05, 3.63) is 61.1 Å². The maximum atomic E-state index is 12.6. The molecule has 6 nitrogen and oxygen atoms in total. The number of fused-ring (bicyclic) bond motifs is 1. The lowest BCUT2D eigenvalue weighted by Crippen LogP contribution is -2.41. The Morgan fingerprint density at radius 3 is 2.57 bits per heavy atom. The van der Waals surface area contributed by atoms with E-state index in [4.69, 9.17) is 0 Å². The summed E-state index contributed by atoms with van der Waals surface area (Å²) in [5.74, 6) is 0.133. The summed E-state index contributed by atoms with van der Waals surface area (Å²) in [6.45, 7) is 1.95. The van der Waals surface area contributed by atoms with Gasteiger partial charge in [-0.3, -0.25) is 14.6 Å². The summed E-state index contributed by atoms with van der Waals surface area (Å²) in [4.78, 5) is 30.9. The highest BCUT2D eigenvalue weighted by molar-refractivity contribution is 5.92. The lowest BCUT2D eigenvalue weighted by atomic mass is 9.95. The molecule has 0 spiro atoms. The molecule has 1 saturated heterocycles. The van der Waals surface area contributed by atoms with Gasteiger partial charge in [-0.2, -0.15) is 0 Å². The van der Waals surface area contributed by atoms with Crippen molar-refractivity contribution in [3.63, 3.8) is 0 Å². The molecule has 3 aromatic rings. The Hall–Kier alpha value is -3.15. The minimum atomic E-state index is -0.0504. The number of aromatic nitrogens is 2. The van der Waals surface area contributed by atoms with Crippen LogP contribution in [0.5, 0.6) is 0 Å². The van der Waals surface area contributed by atoms with Crippen molar-refractivity contribution in [2.75, 3.05) is 18.4 Å². The van der Waals surface area contributed by atoms with Crippen LogP contribution in [-0.2, 0) is 16.1 Å². The van der Waals surface area contributed by atoms with E-state index in [-0.39, 0.29) is 17.7 Å². The van der Waals surface area contributed by atoms with E-state index in [1.165, 1.54) is 5.39 Å². The highest BCUT2D eigenvalue weighted by Gasteiger charge is 2.27. The van der Waals surface area contributed by atoms with E-state index in [0.29, 0.717) is 38.9 Å². The lowest BCUT2D eigenvalue weighted by molar-refractivity contribution is -0.134. The van der Waals surface area contributed by atoms with E-state index in [1.807, 2.05) is 23.2 Å². The van der Waals surface area contributed by atoms with E-state index in [2.05, 4.69) is 33.1 Å². The average molecular weight is 376 g/mol. The van der Waals surface area contributed by atoms with Crippen LogP contribution in [0.4, 0.5) is 5.69 Å². The third-order valence-corrected chi connectivity index (χ3v) is 5.41. The molecule has 1 fully saturated rings. The van der Waals surface area contributed by atoms with Gasteiger partial charge in [0.15, 0.2) is 0 Å². The number of hydrogen-bond acceptors (Lipinski definition) is 3. The normalized spacial score (nSPS) is 14.9. The monoisotopic (exact) mass is 376 g/mol. The summed E-state index contributed by atoms with van der Waals surface area (Å²) in [7, 11) is 0. The number of hydrogen-bond donors (Lipinski definition) is 1. The average Bonchev–Trinajstić information content (AvgIpc) is 3.16. The number of rotatable bonds is 5. The number of nitrogens with zero attached hydrogens (tertiary/aromatic N) is 3. The molecule has 6 heteroatoms. The van der Waals surface area contributed by atoms with Crippen LogP contribution >= 0.6 is 0 Å². The van der Waals surface area contributed by atoms with Crippen molar-refractivity contribution >= 4 is 28.4 Å². The largest absolute Gasteiger partial charge is 0.347 e. The van der Waals surface area contributed by atoms with Crippen molar-refractivity contribution in [1.82, 2.24) is 14.5 Å². The van der Waals surface area contributed by atoms with Gasteiger partial charge in [0.1, 0.15) is 0 Å². The molecule has 0 bridgehead atoms. The van der Waals surface area contributed by atoms with E-state index >= 15 is 0 Å². The second-order valence-electron chi connectivity index (χ2n) is 7.20. The molecule has 1 N–H and O–H groups in total. The lowest BCUT2D eigenvalue weighted by Gasteiger charge is -2.31. The number of aryl methyl sites for hydroxylation is 1. The summed E-state index contributed by atoms with van der Waals surface area (Å²) in [6.07, 6.45) is 7.24. The minimum absolute atomic E-state index is 0.0251. The van der Waals surface area contributed by atoms with Crippen molar-refractivity contribution in [1.29, 1.82) is 0 Å². The molecule has 3 heterocycles. The van der Waals surface area contributed by atoms with Gasteiger partial charge in [0.25, 0.3) is 0 Å². The van der Waals surface area contributed by atoms with E-state index in [1.54, 1.807) is 24.5 Å². The van der Waals surface area contributed by atoms with Gasteiger partial charge in [0.2, 0.25) is 11.8 Å². The van der Waals surface area contributed by atoms with E-state index in [9.17, 15) is 9.59 Å². The molecule has 0 unspecified atom stereocenters. The fourth-order valence-electron chi connectivity index (χ4n) is 3.78. The number of para-hydroxylation sites is 1. The van der Waals surface area contributed by atoms with Crippen molar-refractivity contribution in [2.24, 2.45) is 5.92 Å². The van der Waals surface area contributed by atoms with Gasteiger partial charge in [-0.05, 0) is 42.5 Å². The SMILES string of the molecule is O=C(Nc1ccncc1)C1CCN(C(=O)CCn2ccc3ccccc32)CC1. The predicted molar refractivity (Wildman–Crippen MR) is 109 cm³/mol. The zero-order valence-electron chi connectivity index (χ0n) is 15.8. The summed E-state index contributed by atoms with van der Waals surface area (Å²) in [6, 6.07) is 13.8. The summed E-state index contributed by atoms with van der Waals surface area (Å²) < 4.78 is 2.13. The summed E-state index contributed by atoms with van der Waals surface area (Å²) in [5.41, 5.74) is 1.92. The zero-order valence-corrected chi connectivity index (χ0v) is 15.8. The van der Waals surface area contributed by atoms with Gasteiger partial charge in [-0.25, -0.2) is 0 Å². The van der Waals surface area contributed by atoms with E-state index < -0.39 is 0 Å². The van der Waals surface area contributed by atoms with Gasteiger partial charge < -0.3 is 14.8 Å². The Morgan fingerprint density at radius 2 is 1.79 bits per heavy atom. The quantitative estimate of drug-likeness (QED) is 0.743. The van der Waals surface area contributed by atoms with Crippen molar-refractivity contribution in [3.8, 4) is 0 Å². The number of carbonyl (C=O) groups excluding carboxylic acids is 2. The third kappa shape index (κ3) is 4.06. The maximum Gasteiger partial charge on any atom is 0.227 e. The Balaban J connectivity index is 1.26. The minimum Gasteiger partial charge on any atom is -0.347 e. The molecule has 1 aromatic carbocycles. The van der Waals surface area contributed by atoms with Crippen molar-refractivity contribution < 1.29 is 9.59 Å². The Labute approximate surface area is 164 Å². The molecule has 0 atom stereocenters. The molecule has 0 aliphatic carbocycles. The number of anilines is 1. The molecular weight excluding hydrogens is 352 g/mol. The van der Waals surface area contributed by atoms with Gasteiger partial charge in [-0.1, -0.05) is 18.2 Å². The molecule has 1 aliphatic rings. The Morgan fingerprint density at radius 1 is 1.04 bits per heavy atom. The molecule has 28 heavy (non-hydrogen) atoms. The number of amides is 2. The standard InChI is InChI=1S/C22H24N4O2/c27-21(10-16-25-13-7-17-3-1-2-4-20(17)25)26-14-8-18(9-15-26)22(28)24-19-5-11-23-12-6-19/h1-7,11-13,18H,8-10,14-16H2,(H,23,24,28). The number of likely N-dealkylation sites (tertiary alicyclic amines) is 1. The second-order valence-corrected chi connectivity index (χ2v) is 7.20. The van der Waals surface area contributed by atoms with Crippen LogP contribution in [0.2, 0.25) is 0 Å². The first-order chi connectivity index (χ1) is 13.7. The number of carbonyl (C=O) groups is 2. The first-order valence-electron chi connectivity index (χ1n) is 9.73. The van der Waals surface area contributed by atoms with Crippen LogP contribution in [0, 0.1) is 5.92 Å². The van der Waals surface area contributed by atoms with Crippen molar-refractivity contribution in [2.45, 2.75) is 25.8 Å². The van der Waals surface area contributed by atoms with Gasteiger partial charge >= 0.3 is 0 Å². The summed E-state index contributed by atoms with van der Waals surface area (Å²) in [5, 5.41) is 4.12. The molecular formula is C22H24N4O2. The number of nitrogens with one attached hydrogen (secondary N) is 1. The van der Waals surface area contributed by atoms with Crippen LogP contribution in [0.15, 0.2) is 61.1 Å².